The van der Waals surface area contributed by atoms with E-state index in [9.17, 15) is 9.59 Å². The number of carbonyl (C=O) groups excluding carboxylic acids is 2. The summed E-state index contributed by atoms with van der Waals surface area (Å²) in [6.45, 7) is 1.36. The van der Waals surface area contributed by atoms with Crippen LogP contribution in [0.2, 0.25) is 0 Å². The molecule has 0 atom stereocenters. The molecule has 0 fully saturated rings. The number of carbonyl (C=O) groups is 2. The van der Waals surface area contributed by atoms with E-state index in [-0.39, 0.29) is 23.2 Å². The van der Waals surface area contributed by atoms with E-state index in [4.69, 9.17) is 4.74 Å². The van der Waals surface area contributed by atoms with Crippen LogP contribution in [0, 0.1) is 0 Å². The number of amides is 2. The molecular weight excluding hydrogens is 320 g/mol. The maximum atomic E-state index is 12.5. The minimum absolute atomic E-state index is 0.212. The van der Waals surface area contributed by atoms with Gasteiger partial charge in [-0.2, -0.15) is 0 Å². The van der Waals surface area contributed by atoms with Crippen molar-refractivity contribution in [3.8, 4) is 0 Å². The highest BCUT2D eigenvalue weighted by Crippen LogP contribution is 2.05. The predicted molar refractivity (Wildman–Crippen MR) is 93.3 cm³/mol. The van der Waals surface area contributed by atoms with E-state index < -0.39 is 0 Å². The molecule has 0 saturated carbocycles. The first-order chi connectivity index (χ1) is 12.1. The van der Waals surface area contributed by atoms with Gasteiger partial charge in [-0.15, -0.1) is 0 Å². The molecule has 132 valence electrons. The van der Waals surface area contributed by atoms with Crippen LogP contribution in [0.25, 0.3) is 0 Å². The van der Waals surface area contributed by atoms with Crippen molar-refractivity contribution in [2.24, 2.45) is 0 Å². The summed E-state index contributed by atoms with van der Waals surface area (Å²) in [5, 5.41) is 2.68. The Kier molecular flexibility index (Phi) is 7.03. The Labute approximate surface area is 147 Å². The molecule has 2 heterocycles. The highest BCUT2D eigenvalue weighted by Gasteiger charge is 2.15. The Morgan fingerprint density at radius 2 is 1.88 bits per heavy atom. The molecule has 2 aromatic heterocycles. The van der Waals surface area contributed by atoms with Crippen molar-refractivity contribution < 1.29 is 14.3 Å². The summed E-state index contributed by atoms with van der Waals surface area (Å²) in [7, 11) is 3.28. The third-order valence-corrected chi connectivity index (χ3v) is 3.62. The summed E-state index contributed by atoms with van der Waals surface area (Å²) in [6.07, 6.45) is 4.18. The molecule has 0 unspecified atom stereocenters. The van der Waals surface area contributed by atoms with Crippen molar-refractivity contribution >= 4 is 11.8 Å². The van der Waals surface area contributed by atoms with Gasteiger partial charge in [0, 0.05) is 39.6 Å². The van der Waals surface area contributed by atoms with Gasteiger partial charge < -0.3 is 15.0 Å². The van der Waals surface area contributed by atoms with Crippen molar-refractivity contribution in [1.82, 2.24) is 20.2 Å². The molecule has 7 nitrogen and oxygen atoms in total. The third-order valence-electron chi connectivity index (χ3n) is 3.62. The minimum atomic E-state index is -0.328. The van der Waals surface area contributed by atoms with E-state index in [2.05, 4.69) is 15.3 Å². The van der Waals surface area contributed by atoms with E-state index >= 15 is 0 Å². The smallest absolute Gasteiger partial charge is 0.272 e. The van der Waals surface area contributed by atoms with Crippen LogP contribution in [0.4, 0.5) is 0 Å². The predicted octanol–water partition coefficient (Wildman–Crippen LogP) is 1.17. The average molecular weight is 342 g/mol. The fourth-order valence-corrected chi connectivity index (χ4v) is 2.18. The summed E-state index contributed by atoms with van der Waals surface area (Å²) < 4.78 is 4.89. The minimum Gasteiger partial charge on any atom is -0.383 e. The van der Waals surface area contributed by atoms with Gasteiger partial charge in [-0.25, -0.2) is 4.98 Å². The monoisotopic (exact) mass is 342 g/mol. The topological polar surface area (TPSA) is 84.4 Å². The van der Waals surface area contributed by atoms with Gasteiger partial charge in [0.25, 0.3) is 11.8 Å². The highest BCUT2D eigenvalue weighted by molar-refractivity contribution is 5.96. The lowest BCUT2D eigenvalue weighted by molar-refractivity contribution is 0.0790. The fourth-order valence-electron chi connectivity index (χ4n) is 2.18. The van der Waals surface area contributed by atoms with Crippen molar-refractivity contribution in [3.63, 3.8) is 0 Å². The fraction of sp³-hybridized carbons (Fsp3) is 0.333. The Balaban J connectivity index is 1.96. The number of aromatic nitrogens is 2. The van der Waals surface area contributed by atoms with Gasteiger partial charge in [0.2, 0.25) is 0 Å². The second kappa shape index (κ2) is 9.48. The van der Waals surface area contributed by atoms with Crippen LogP contribution in [0.5, 0.6) is 0 Å². The number of hydrogen-bond acceptors (Lipinski definition) is 5. The lowest BCUT2D eigenvalue weighted by Crippen LogP contribution is -2.31. The molecule has 7 heteroatoms. The van der Waals surface area contributed by atoms with Gasteiger partial charge in [-0.05, 0) is 36.2 Å². The second-order valence-electron chi connectivity index (χ2n) is 5.49. The Hall–Kier alpha value is -2.80. The molecule has 0 aromatic carbocycles. The molecule has 0 aliphatic rings. The van der Waals surface area contributed by atoms with E-state index in [1.165, 1.54) is 0 Å². The Morgan fingerprint density at radius 3 is 2.60 bits per heavy atom. The van der Waals surface area contributed by atoms with Crippen molar-refractivity contribution in [3.05, 3.63) is 59.7 Å². The standard InChI is InChI=1S/C18H22N4O3/c1-22(12-8-14-6-9-19-10-7-14)18(24)16-5-3-4-15(21-16)17(23)20-11-13-25-2/h3-7,9-10H,8,11-13H2,1-2H3,(H,20,23). The van der Waals surface area contributed by atoms with Crippen molar-refractivity contribution in [2.45, 2.75) is 6.42 Å². The first-order valence-electron chi connectivity index (χ1n) is 8.00. The van der Waals surface area contributed by atoms with Crippen LogP contribution in [-0.4, -0.2) is 60.5 Å². The maximum Gasteiger partial charge on any atom is 0.272 e. The molecule has 0 aliphatic heterocycles. The molecule has 0 radical (unpaired) electrons. The Morgan fingerprint density at radius 1 is 1.16 bits per heavy atom. The number of hydrogen-bond donors (Lipinski definition) is 1. The van der Waals surface area contributed by atoms with Gasteiger partial charge in [-0.1, -0.05) is 6.07 Å². The lowest BCUT2D eigenvalue weighted by atomic mass is 10.2. The van der Waals surface area contributed by atoms with Crippen LogP contribution in [0.15, 0.2) is 42.7 Å². The number of ether oxygens (including phenoxy) is 1. The van der Waals surface area contributed by atoms with Crippen LogP contribution in [0.3, 0.4) is 0 Å². The van der Waals surface area contributed by atoms with E-state index in [0.717, 1.165) is 12.0 Å². The number of pyridine rings is 2. The first-order valence-corrected chi connectivity index (χ1v) is 8.00. The Bertz CT molecular complexity index is 706. The van der Waals surface area contributed by atoms with Crippen LogP contribution in [0.1, 0.15) is 26.5 Å². The van der Waals surface area contributed by atoms with Gasteiger partial charge in [0.15, 0.2) is 0 Å². The van der Waals surface area contributed by atoms with Crippen molar-refractivity contribution in [1.29, 1.82) is 0 Å². The largest absolute Gasteiger partial charge is 0.383 e. The van der Waals surface area contributed by atoms with E-state index in [1.807, 2.05) is 12.1 Å². The highest BCUT2D eigenvalue weighted by atomic mass is 16.5. The number of likely N-dealkylation sites (N-methyl/N-ethyl adjacent to an activating group) is 1. The molecule has 0 spiro atoms. The molecule has 0 bridgehead atoms. The van der Waals surface area contributed by atoms with E-state index in [0.29, 0.717) is 19.7 Å². The quantitative estimate of drug-likeness (QED) is 0.728. The normalized spacial score (nSPS) is 10.3. The number of rotatable bonds is 8. The zero-order valence-corrected chi connectivity index (χ0v) is 14.4. The number of methoxy groups -OCH3 is 1. The summed E-state index contributed by atoms with van der Waals surface area (Å²) in [5.74, 6) is -0.549. The van der Waals surface area contributed by atoms with Gasteiger partial charge in [0.1, 0.15) is 11.4 Å². The second-order valence-corrected chi connectivity index (χ2v) is 5.49. The zero-order chi connectivity index (χ0) is 18.1. The average Bonchev–Trinajstić information content (AvgIpc) is 2.66. The summed E-state index contributed by atoms with van der Waals surface area (Å²) in [6, 6.07) is 8.68. The molecule has 2 amide bonds. The van der Waals surface area contributed by atoms with Crippen LogP contribution < -0.4 is 5.32 Å². The maximum absolute atomic E-state index is 12.5. The first kappa shape index (κ1) is 18.5. The van der Waals surface area contributed by atoms with Crippen molar-refractivity contribution in [2.75, 3.05) is 33.9 Å². The van der Waals surface area contributed by atoms with Gasteiger partial charge in [0.05, 0.1) is 6.61 Å². The molecule has 0 saturated heterocycles. The number of nitrogens with one attached hydrogen (secondary N) is 1. The lowest BCUT2D eigenvalue weighted by Gasteiger charge is -2.17. The van der Waals surface area contributed by atoms with Crippen LogP contribution >= 0.6 is 0 Å². The van der Waals surface area contributed by atoms with Crippen LogP contribution in [-0.2, 0) is 11.2 Å². The summed E-state index contributed by atoms with van der Waals surface area (Å²) in [4.78, 5) is 34.3. The molecule has 2 aromatic rings. The molecule has 25 heavy (non-hydrogen) atoms. The SMILES string of the molecule is COCCNC(=O)c1cccc(C(=O)N(C)CCc2ccncc2)n1. The van der Waals surface area contributed by atoms with Gasteiger partial charge >= 0.3 is 0 Å². The summed E-state index contributed by atoms with van der Waals surface area (Å²) >= 11 is 0. The number of nitrogens with zero attached hydrogens (tertiary/aromatic N) is 3. The molecule has 1 N–H and O–H groups in total. The molecule has 0 aliphatic carbocycles. The third kappa shape index (κ3) is 5.65. The zero-order valence-electron chi connectivity index (χ0n) is 14.4. The molecule has 2 rings (SSSR count). The van der Waals surface area contributed by atoms with Gasteiger partial charge in [-0.3, -0.25) is 14.6 Å². The molecular formula is C18H22N4O3. The van der Waals surface area contributed by atoms with E-state index in [1.54, 1.807) is 49.7 Å². The summed E-state index contributed by atoms with van der Waals surface area (Å²) in [5.41, 5.74) is 1.56.